The summed E-state index contributed by atoms with van der Waals surface area (Å²) in [5.74, 6) is -0.979. The number of carbonyl (C=O) groups is 2. The number of aromatic nitrogens is 2. The number of para-hydroxylation sites is 1. The van der Waals surface area contributed by atoms with Gasteiger partial charge in [-0.25, -0.2) is 14.6 Å². The lowest BCUT2D eigenvalue weighted by Crippen LogP contribution is -2.16. The molecule has 0 aliphatic rings. The third-order valence-electron chi connectivity index (χ3n) is 3.69. The summed E-state index contributed by atoms with van der Waals surface area (Å²) in [6, 6.07) is 18.1. The molecule has 0 spiro atoms. The Morgan fingerprint density at radius 1 is 0.926 bits per heavy atom. The Kier molecular flexibility index (Phi) is 6.27. The van der Waals surface area contributed by atoms with Crippen LogP contribution in [0.25, 0.3) is 5.69 Å². The zero-order valence-corrected chi connectivity index (χ0v) is 15.5. The van der Waals surface area contributed by atoms with Crippen LogP contribution in [0.1, 0.15) is 20.8 Å². The van der Waals surface area contributed by atoms with Gasteiger partial charge < -0.3 is 9.47 Å². The molecule has 0 aliphatic carbocycles. The average molecular weight is 382 g/mol. The first kappa shape index (κ1) is 18.7. The monoisotopic (exact) mass is 382 g/mol. The van der Waals surface area contributed by atoms with Crippen LogP contribution in [0.3, 0.4) is 0 Å². The summed E-state index contributed by atoms with van der Waals surface area (Å²) in [6.07, 6.45) is 3.37. The average Bonchev–Trinajstić information content (AvgIpc) is 3.16. The second-order valence-corrected chi connectivity index (χ2v) is 6.21. The molecule has 0 saturated carbocycles. The van der Waals surface area contributed by atoms with Crippen molar-refractivity contribution in [3.8, 4) is 5.69 Å². The van der Waals surface area contributed by atoms with Crippen LogP contribution in [-0.2, 0) is 9.47 Å². The van der Waals surface area contributed by atoms with Crippen molar-refractivity contribution in [1.82, 2.24) is 9.55 Å². The third-order valence-corrected chi connectivity index (χ3v) is 4.35. The van der Waals surface area contributed by atoms with Gasteiger partial charge in [0.05, 0.1) is 11.8 Å². The fourth-order valence-electron chi connectivity index (χ4n) is 2.45. The molecule has 6 nitrogen and oxygen atoms in total. The van der Waals surface area contributed by atoms with Crippen LogP contribution in [0.4, 0.5) is 0 Å². The number of esters is 2. The number of thioether (sulfide) groups is 1. The minimum absolute atomic E-state index is 0.0195. The van der Waals surface area contributed by atoms with E-state index >= 15 is 0 Å². The summed E-state index contributed by atoms with van der Waals surface area (Å²) in [5.41, 5.74) is 1.59. The Bertz CT molecular complexity index is 910. The summed E-state index contributed by atoms with van der Waals surface area (Å²) in [7, 11) is 0. The van der Waals surface area contributed by atoms with Crippen LogP contribution in [0, 0.1) is 0 Å². The summed E-state index contributed by atoms with van der Waals surface area (Å²) >= 11 is 1.43. The van der Waals surface area contributed by atoms with Gasteiger partial charge in [-0.3, -0.25) is 4.57 Å². The maximum atomic E-state index is 12.4. The van der Waals surface area contributed by atoms with Gasteiger partial charge in [0.15, 0.2) is 10.9 Å². The molecule has 0 radical (unpaired) electrons. The van der Waals surface area contributed by atoms with Gasteiger partial charge in [0.25, 0.3) is 0 Å². The van der Waals surface area contributed by atoms with Crippen LogP contribution in [-0.4, -0.2) is 41.0 Å². The first-order valence-corrected chi connectivity index (χ1v) is 9.49. The first-order valence-electron chi connectivity index (χ1n) is 8.27. The predicted octanol–water partition coefficient (Wildman–Crippen LogP) is 3.61. The Hall–Kier alpha value is -3.06. The number of rotatable bonds is 7. The Balaban J connectivity index is 1.60. The molecule has 7 heteroatoms. The number of hydrogen-bond donors (Lipinski definition) is 0. The Labute approximate surface area is 161 Å². The maximum Gasteiger partial charge on any atom is 0.357 e. The highest BCUT2D eigenvalue weighted by atomic mass is 32.2. The van der Waals surface area contributed by atoms with E-state index < -0.39 is 11.9 Å². The van der Waals surface area contributed by atoms with Crippen LogP contribution in [0.5, 0.6) is 0 Å². The highest BCUT2D eigenvalue weighted by molar-refractivity contribution is 7.98. The summed E-state index contributed by atoms with van der Waals surface area (Å²) in [6.45, 7) is -0.0553. The van der Waals surface area contributed by atoms with E-state index in [4.69, 9.17) is 9.47 Å². The lowest BCUT2D eigenvalue weighted by Gasteiger charge is -2.11. The summed E-state index contributed by atoms with van der Waals surface area (Å²) in [4.78, 5) is 28.6. The molecule has 0 N–H and O–H groups in total. The fraction of sp³-hybridized carbons (Fsp3) is 0.150. The summed E-state index contributed by atoms with van der Waals surface area (Å²) < 4.78 is 12.1. The molecule has 3 rings (SSSR count). The number of imidazole rings is 1. The number of benzene rings is 2. The summed E-state index contributed by atoms with van der Waals surface area (Å²) in [5, 5.41) is 0.684. The van der Waals surface area contributed by atoms with Gasteiger partial charge in [0.2, 0.25) is 0 Å². The van der Waals surface area contributed by atoms with Gasteiger partial charge in [0, 0.05) is 5.69 Å². The molecule has 0 aliphatic heterocycles. The van der Waals surface area contributed by atoms with E-state index in [2.05, 4.69) is 4.98 Å². The molecule has 0 amide bonds. The normalized spacial score (nSPS) is 10.4. The standard InChI is InChI=1S/C20H18N2O4S/c1-27-20-21-14-17(22(20)16-10-6-3-7-11-16)19(24)26-13-12-25-18(23)15-8-4-2-5-9-15/h2-11,14H,12-13H2,1H3. The van der Waals surface area contributed by atoms with Crippen molar-refractivity contribution in [2.45, 2.75) is 5.16 Å². The van der Waals surface area contributed by atoms with Gasteiger partial charge in [-0.15, -0.1) is 0 Å². The lowest BCUT2D eigenvalue weighted by molar-refractivity contribution is 0.0260. The number of carbonyl (C=O) groups excluding carboxylic acids is 2. The van der Waals surface area contributed by atoms with Gasteiger partial charge in [0.1, 0.15) is 13.2 Å². The lowest BCUT2D eigenvalue weighted by atomic mass is 10.2. The van der Waals surface area contributed by atoms with E-state index in [1.165, 1.54) is 18.0 Å². The van der Waals surface area contributed by atoms with Gasteiger partial charge >= 0.3 is 11.9 Å². The zero-order chi connectivity index (χ0) is 19.1. The van der Waals surface area contributed by atoms with Crippen LogP contribution in [0.2, 0.25) is 0 Å². The van der Waals surface area contributed by atoms with Crippen molar-refractivity contribution in [3.63, 3.8) is 0 Å². The van der Waals surface area contributed by atoms with E-state index in [9.17, 15) is 9.59 Å². The van der Waals surface area contributed by atoms with Crippen molar-refractivity contribution >= 4 is 23.7 Å². The molecule has 138 valence electrons. The Morgan fingerprint density at radius 3 is 2.15 bits per heavy atom. The van der Waals surface area contributed by atoms with E-state index in [0.717, 1.165) is 5.69 Å². The molecule has 2 aromatic carbocycles. The molecule has 27 heavy (non-hydrogen) atoms. The molecule has 0 atom stereocenters. The van der Waals surface area contributed by atoms with Crippen molar-refractivity contribution in [2.24, 2.45) is 0 Å². The van der Waals surface area contributed by atoms with Crippen molar-refractivity contribution in [1.29, 1.82) is 0 Å². The SMILES string of the molecule is CSc1ncc(C(=O)OCCOC(=O)c2ccccc2)n1-c1ccccc1. The topological polar surface area (TPSA) is 70.4 Å². The molecular formula is C20H18N2O4S. The minimum Gasteiger partial charge on any atom is -0.458 e. The zero-order valence-electron chi connectivity index (χ0n) is 14.7. The van der Waals surface area contributed by atoms with Crippen molar-refractivity contribution < 1.29 is 19.1 Å². The van der Waals surface area contributed by atoms with E-state index in [1.54, 1.807) is 28.8 Å². The highest BCUT2D eigenvalue weighted by Gasteiger charge is 2.19. The molecule has 1 heterocycles. The number of nitrogens with zero attached hydrogens (tertiary/aromatic N) is 2. The molecule has 0 unspecified atom stereocenters. The van der Waals surface area contributed by atoms with E-state index in [0.29, 0.717) is 16.4 Å². The van der Waals surface area contributed by atoms with Gasteiger partial charge in [-0.05, 0) is 30.5 Å². The smallest absolute Gasteiger partial charge is 0.357 e. The first-order chi connectivity index (χ1) is 13.2. The molecule has 0 bridgehead atoms. The molecule has 0 saturated heterocycles. The van der Waals surface area contributed by atoms with Crippen molar-refractivity contribution in [3.05, 3.63) is 78.1 Å². The number of ether oxygens (including phenoxy) is 2. The van der Waals surface area contributed by atoms with Crippen LogP contribution < -0.4 is 0 Å². The van der Waals surface area contributed by atoms with Gasteiger partial charge in [-0.1, -0.05) is 48.2 Å². The molecule has 3 aromatic rings. The second-order valence-electron chi connectivity index (χ2n) is 5.44. The molecule has 0 fully saturated rings. The minimum atomic E-state index is -0.526. The van der Waals surface area contributed by atoms with Crippen molar-refractivity contribution in [2.75, 3.05) is 19.5 Å². The third kappa shape index (κ3) is 4.57. The molecular weight excluding hydrogens is 364 g/mol. The van der Waals surface area contributed by atoms with Gasteiger partial charge in [-0.2, -0.15) is 0 Å². The van der Waals surface area contributed by atoms with Crippen LogP contribution >= 0.6 is 11.8 Å². The highest BCUT2D eigenvalue weighted by Crippen LogP contribution is 2.22. The maximum absolute atomic E-state index is 12.4. The van der Waals surface area contributed by atoms with E-state index in [-0.39, 0.29) is 13.2 Å². The Morgan fingerprint density at radius 2 is 1.52 bits per heavy atom. The molecule has 1 aromatic heterocycles. The number of hydrogen-bond acceptors (Lipinski definition) is 6. The largest absolute Gasteiger partial charge is 0.458 e. The quantitative estimate of drug-likeness (QED) is 0.353. The predicted molar refractivity (Wildman–Crippen MR) is 102 cm³/mol. The van der Waals surface area contributed by atoms with Crippen LogP contribution in [0.15, 0.2) is 72.0 Å². The fourth-order valence-corrected chi connectivity index (χ4v) is 2.99. The van der Waals surface area contributed by atoms with E-state index in [1.807, 2.05) is 42.7 Å². The second kappa shape index (κ2) is 9.05.